The topological polar surface area (TPSA) is 116 Å². The van der Waals surface area contributed by atoms with Crippen LogP contribution < -0.4 is 5.32 Å². The lowest BCUT2D eigenvalue weighted by Gasteiger charge is -2.38. The van der Waals surface area contributed by atoms with Gasteiger partial charge in [0.05, 0.1) is 18.6 Å². The first-order valence-electron chi connectivity index (χ1n) is 10.9. The summed E-state index contributed by atoms with van der Waals surface area (Å²) in [5.41, 5.74) is 3.36. The number of ether oxygens (including phenoxy) is 1. The van der Waals surface area contributed by atoms with Gasteiger partial charge in [-0.25, -0.2) is 4.79 Å². The van der Waals surface area contributed by atoms with Crippen LogP contribution in [0.5, 0.6) is 0 Å². The van der Waals surface area contributed by atoms with Crippen molar-refractivity contribution < 1.29 is 29.3 Å². The van der Waals surface area contributed by atoms with Gasteiger partial charge in [0.15, 0.2) is 0 Å². The van der Waals surface area contributed by atoms with E-state index in [0.717, 1.165) is 22.3 Å². The normalized spacial score (nSPS) is 13.6. The van der Waals surface area contributed by atoms with Crippen LogP contribution in [0.3, 0.4) is 0 Å². The molecule has 1 aliphatic carbocycles. The van der Waals surface area contributed by atoms with E-state index in [1.54, 1.807) is 20.8 Å². The third-order valence-electron chi connectivity index (χ3n) is 6.01. The number of alkyl carbamates (subject to hydrolysis) is 1. The fraction of sp³-hybridized carbons (Fsp3) is 0.400. The highest BCUT2D eigenvalue weighted by atomic mass is 16.5. The lowest BCUT2D eigenvalue weighted by Crippen LogP contribution is -2.57. The van der Waals surface area contributed by atoms with Gasteiger partial charge >= 0.3 is 12.1 Å². The zero-order chi connectivity index (χ0) is 24.2. The molecule has 0 heterocycles. The highest BCUT2D eigenvalue weighted by Gasteiger charge is 2.36. The Morgan fingerprint density at radius 1 is 1.06 bits per heavy atom. The number of aliphatic hydroxyl groups is 1. The smallest absolute Gasteiger partial charge is 0.407 e. The summed E-state index contributed by atoms with van der Waals surface area (Å²) in [4.78, 5) is 38.3. The minimum Gasteiger partial charge on any atom is -0.481 e. The fourth-order valence-corrected chi connectivity index (χ4v) is 4.31. The minimum absolute atomic E-state index is 0.0491. The largest absolute Gasteiger partial charge is 0.481 e. The first-order valence-corrected chi connectivity index (χ1v) is 10.9. The molecule has 0 aliphatic heterocycles. The second-order valence-corrected chi connectivity index (χ2v) is 8.67. The number of carboxylic acids is 1. The number of benzene rings is 2. The molecule has 0 radical (unpaired) electrons. The van der Waals surface area contributed by atoms with Gasteiger partial charge in [0, 0.05) is 12.5 Å². The minimum atomic E-state index is -1.32. The predicted molar refractivity (Wildman–Crippen MR) is 123 cm³/mol. The lowest BCUT2D eigenvalue weighted by atomic mass is 9.98. The Morgan fingerprint density at radius 2 is 1.61 bits per heavy atom. The number of aliphatic hydroxyl groups excluding tert-OH is 1. The molecule has 3 rings (SSSR count). The summed E-state index contributed by atoms with van der Waals surface area (Å²) >= 11 is 0. The second kappa shape index (κ2) is 10.0. The Morgan fingerprint density at radius 3 is 2.09 bits per heavy atom. The number of fused-ring (bicyclic) bond motifs is 3. The lowest BCUT2D eigenvalue weighted by molar-refractivity contribution is -0.146. The average Bonchev–Trinajstić information content (AvgIpc) is 3.11. The molecule has 0 saturated carbocycles. The Hall–Kier alpha value is -3.39. The van der Waals surface area contributed by atoms with Gasteiger partial charge in [-0.2, -0.15) is 0 Å². The second-order valence-electron chi connectivity index (χ2n) is 8.67. The van der Waals surface area contributed by atoms with Crippen LogP contribution in [0.25, 0.3) is 11.1 Å². The summed E-state index contributed by atoms with van der Waals surface area (Å²) in [5.74, 6) is -1.98. The van der Waals surface area contributed by atoms with Gasteiger partial charge in [-0.1, -0.05) is 48.5 Å². The zero-order valence-electron chi connectivity index (χ0n) is 19.1. The highest BCUT2D eigenvalue weighted by Crippen LogP contribution is 2.44. The van der Waals surface area contributed by atoms with E-state index >= 15 is 0 Å². The number of nitrogens with zero attached hydrogens (tertiary/aromatic N) is 1. The number of carbonyl (C=O) groups excluding carboxylic acids is 2. The Bertz CT molecular complexity index is 990. The first-order chi connectivity index (χ1) is 15.7. The van der Waals surface area contributed by atoms with Crippen LogP contribution in [0, 0.1) is 0 Å². The van der Waals surface area contributed by atoms with Gasteiger partial charge in [-0.05, 0) is 43.0 Å². The van der Waals surface area contributed by atoms with Crippen LogP contribution in [0.2, 0.25) is 0 Å². The number of aliphatic carboxylic acids is 1. The van der Waals surface area contributed by atoms with Crippen molar-refractivity contribution >= 4 is 18.0 Å². The van der Waals surface area contributed by atoms with Crippen molar-refractivity contribution in [3.8, 4) is 11.1 Å². The van der Waals surface area contributed by atoms with Crippen molar-refractivity contribution in [2.75, 3.05) is 19.8 Å². The molecule has 1 unspecified atom stereocenters. The first kappa shape index (κ1) is 24.3. The molecule has 2 aromatic rings. The molecular formula is C25H30N2O6. The summed E-state index contributed by atoms with van der Waals surface area (Å²) in [5, 5.41) is 21.3. The van der Waals surface area contributed by atoms with Gasteiger partial charge in [0.2, 0.25) is 5.91 Å². The average molecular weight is 455 g/mol. The standard InChI is InChI=1S/C25H30N2O6/c1-4-27(25(2,3)15-28)23(31)21(13-22(29)30)26-24(32)33-14-20-18-11-7-5-9-16(18)17-10-6-8-12-19(17)20/h5-12,20-21,28H,4,13-15H2,1-3H3,(H,26,32)(H,29,30). The molecule has 2 amide bonds. The summed E-state index contributed by atoms with van der Waals surface area (Å²) in [6.45, 7) is 5.04. The maximum Gasteiger partial charge on any atom is 0.407 e. The number of rotatable bonds is 9. The van der Waals surface area contributed by atoms with Gasteiger partial charge in [0.25, 0.3) is 0 Å². The molecule has 8 heteroatoms. The number of hydrogen-bond donors (Lipinski definition) is 3. The summed E-state index contributed by atoms with van der Waals surface area (Å²) in [6.07, 6.45) is -1.46. The molecule has 176 valence electrons. The predicted octanol–water partition coefficient (Wildman–Crippen LogP) is 2.99. The number of nitrogens with one attached hydrogen (secondary N) is 1. The summed E-state index contributed by atoms with van der Waals surface area (Å²) in [7, 11) is 0. The fourth-order valence-electron chi connectivity index (χ4n) is 4.31. The van der Waals surface area contributed by atoms with E-state index < -0.39 is 36.0 Å². The van der Waals surface area contributed by atoms with Crippen molar-refractivity contribution in [3.63, 3.8) is 0 Å². The van der Waals surface area contributed by atoms with Gasteiger partial charge in [-0.3, -0.25) is 9.59 Å². The van der Waals surface area contributed by atoms with Gasteiger partial charge in [0.1, 0.15) is 12.6 Å². The third-order valence-corrected chi connectivity index (χ3v) is 6.01. The molecule has 0 bridgehead atoms. The van der Waals surface area contributed by atoms with Crippen LogP contribution in [-0.4, -0.2) is 64.4 Å². The zero-order valence-corrected chi connectivity index (χ0v) is 19.1. The van der Waals surface area contributed by atoms with Crippen LogP contribution >= 0.6 is 0 Å². The number of carboxylic acid groups (broad SMARTS) is 1. The van der Waals surface area contributed by atoms with E-state index in [2.05, 4.69) is 5.32 Å². The molecule has 0 saturated heterocycles. The summed E-state index contributed by atoms with van der Waals surface area (Å²) in [6, 6.07) is 14.5. The number of carbonyl (C=O) groups is 3. The molecule has 1 atom stereocenters. The Balaban J connectivity index is 1.73. The van der Waals surface area contributed by atoms with E-state index in [4.69, 9.17) is 4.74 Å². The molecule has 2 aromatic carbocycles. The quantitative estimate of drug-likeness (QED) is 0.536. The van der Waals surface area contributed by atoms with E-state index in [-0.39, 0.29) is 25.7 Å². The molecular weight excluding hydrogens is 424 g/mol. The van der Waals surface area contributed by atoms with Crippen molar-refractivity contribution in [3.05, 3.63) is 59.7 Å². The summed E-state index contributed by atoms with van der Waals surface area (Å²) < 4.78 is 5.46. The van der Waals surface area contributed by atoms with Gasteiger partial charge in [-0.15, -0.1) is 0 Å². The number of amides is 2. The van der Waals surface area contributed by atoms with E-state index in [1.165, 1.54) is 4.90 Å². The maximum atomic E-state index is 13.0. The number of hydrogen-bond acceptors (Lipinski definition) is 5. The Kier molecular flexibility index (Phi) is 7.38. The Labute approximate surface area is 193 Å². The molecule has 33 heavy (non-hydrogen) atoms. The maximum absolute atomic E-state index is 13.0. The molecule has 0 aromatic heterocycles. The monoisotopic (exact) mass is 454 g/mol. The van der Waals surface area contributed by atoms with Crippen molar-refractivity contribution in [1.82, 2.24) is 10.2 Å². The van der Waals surface area contributed by atoms with Crippen LogP contribution in [0.1, 0.15) is 44.2 Å². The van der Waals surface area contributed by atoms with Crippen molar-refractivity contribution in [1.29, 1.82) is 0 Å². The van der Waals surface area contributed by atoms with Crippen LogP contribution in [0.4, 0.5) is 4.79 Å². The molecule has 1 aliphatic rings. The van der Waals surface area contributed by atoms with Crippen molar-refractivity contribution in [2.45, 2.75) is 44.7 Å². The van der Waals surface area contributed by atoms with Crippen molar-refractivity contribution in [2.24, 2.45) is 0 Å². The highest BCUT2D eigenvalue weighted by molar-refractivity contribution is 5.89. The molecule has 3 N–H and O–H groups in total. The molecule has 0 fully saturated rings. The van der Waals surface area contributed by atoms with E-state index in [9.17, 15) is 24.6 Å². The number of likely N-dealkylation sites (N-methyl/N-ethyl adjacent to an activating group) is 1. The van der Waals surface area contributed by atoms with Crippen LogP contribution in [0.15, 0.2) is 48.5 Å². The van der Waals surface area contributed by atoms with Gasteiger partial charge < -0.3 is 25.2 Å². The molecule has 0 spiro atoms. The van der Waals surface area contributed by atoms with E-state index in [0.29, 0.717) is 0 Å². The molecule has 8 nitrogen and oxygen atoms in total. The van der Waals surface area contributed by atoms with Crippen LogP contribution in [-0.2, 0) is 14.3 Å². The SMILES string of the molecule is CCN(C(=O)C(CC(=O)O)NC(=O)OCC1c2ccccc2-c2ccccc21)C(C)(C)CO. The third kappa shape index (κ3) is 5.17. The van der Waals surface area contributed by atoms with E-state index in [1.807, 2.05) is 48.5 Å².